The topological polar surface area (TPSA) is 32.3 Å². The minimum atomic E-state index is -4.42. The highest BCUT2D eigenvalue weighted by molar-refractivity contribution is 9.10. The van der Waals surface area contributed by atoms with Crippen LogP contribution in [0.4, 0.5) is 23.7 Å². The Kier molecular flexibility index (Phi) is 4.00. The van der Waals surface area contributed by atoms with Crippen LogP contribution >= 0.6 is 15.9 Å². The van der Waals surface area contributed by atoms with E-state index < -0.39 is 18.8 Å². The molecule has 0 bridgehead atoms. The number of amides is 2. The summed E-state index contributed by atoms with van der Waals surface area (Å²) >= 11 is 3.50. The molecule has 0 saturated heterocycles. The molecule has 0 spiro atoms. The van der Waals surface area contributed by atoms with Gasteiger partial charge in [0, 0.05) is 22.6 Å². The molecule has 1 atom stereocenters. The number of benzene rings is 2. The van der Waals surface area contributed by atoms with E-state index in [9.17, 15) is 18.0 Å². The van der Waals surface area contributed by atoms with Crippen LogP contribution in [0, 0.1) is 0 Å². The fraction of sp³-hybridized carbons (Fsp3) is 0.312. The Morgan fingerprint density at radius 3 is 2.74 bits per heavy atom. The Bertz CT molecular complexity index is 776. The third-order valence-corrected chi connectivity index (χ3v) is 4.64. The first kappa shape index (κ1) is 16.1. The lowest BCUT2D eigenvalue weighted by Crippen LogP contribution is -2.43. The molecule has 0 radical (unpaired) electrons. The van der Waals surface area contributed by atoms with Crippen molar-refractivity contribution in [2.75, 3.05) is 18.0 Å². The lowest BCUT2D eigenvalue weighted by molar-refractivity contribution is -0.122. The first-order valence-corrected chi connectivity index (χ1v) is 7.90. The molecule has 2 aromatic carbocycles. The van der Waals surface area contributed by atoms with Gasteiger partial charge in [-0.05, 0) is 28.5 Å². The fourth-order valence-electron chi connectivity index (χ4n) is 3.01. The summed E-state index contributed by atoms with van der Waals surface area (Å²) < 4.78 is 37.8. The van der Waals surface area contributed by atoms with Crippen molar-refractivity contribution in [3.63, 3.8) is 0 Å². The zero-order chi connectivity index (χ0) is 16.8. The van der Waals surface area contributed by atoms with Gasteiger partial charge >= 0.3 is 12.2 Å². The number of halogens is 4. The molecule has 2 amide bonds. The maximum absolute atomic E-state index is 12.3. The number of anilines is 1. The molecule has 1 aliphatic heterocycles. The van der Waals surface area contributed by atoms with Crippen LogP contribution in [0.5, 0.6) is 0 Å². The summed E-state index contributed by atoms with van der Waals surface area (Å²) in [5, 5.41) is 3.97. The Hall–Kier alpha value is -1.76. The van der Waals surface area contributed by atoms with Crippen molar-refractivity contribution in [2.45, 2.75) is 19.0 Å². The van der Waals surface area contributed by atoms with Gasteiger partial charge in [0.05, 0.1) is 0 Å². The summed E-state index contributed by atoms with van der Waals surface area (Å²) in [5.41, 5.74) is 1.66. The molecule has 1 heterocycles. The van der Waals surface area contributed by atoms with Crippen LogP contribution in [-0.4, -0.2) is 25.3 Å². The van der Waals surface area contributed by atoms with Gasteiger partial charge in [-0.2, -0.15) is 13.2 Å². The standard InChI is InChI=1S/C16H14BrF3N2O/c1-9-7-22(15(23)21-8-16(18,19)20)13-6-5-10-11(14(9)13)3-2-4-12(10)17/h2-6,9H,7-8H2,1H3,(H,21,23). The molecule has 3 nitrogen and oxygen atoms in total. The molecule has 1 unspecified atom stereocenters. The average Bonchev–Trinajstić information content (AvgIpc) is 2.82. The van der Waals surface area contributed by atoms with E-state index in [0.29, 0.717) is 12.2 Å². The molecule has 23 heavy (non-hydrogen) atoms. The molecular formula is C16H14BrF3N2O. The van der Waals surface area contributed by atoms with Crippen molar-refractivity contribution in [1.82, 2.24) is 5.32 Å². The maximum Gasteiger partial charge on any atom is 0.405 e. The largest absolute Gasteiger partial charge is 0.405 e. The first-order chi connectivity index (χ1) is 10.8. The van der Waals surface area contributed by atoms with E-state index in [1.165, 1.54) is 4.90 Å². The minimum absolute atomic E-state index is 0.0552. The predicted molar refractivity (Wildman–Crippen MR) is 86.9 cm³/mol. The zero-order valence-electron chi connectivity index (χ0n) is 12.2. The summed E-state index contributed by atoms with van der Waals surface area (Å²) in [5.74, 6) is 0.0552. The third-order valence-electron chi connectivity index (χ3n) is 3.95. The van der Waals surface area contributed by atoms with Gasteiger partial charge in [-0.15, -0.1) is 0 Å². The number of hydrogen-bond donors (Lipinski definition) is 1. The smallest absolute Gasteiger partial charge is 0.329 e. The second-order valence-electron chi connectivity index (χ2n) is 5.62. The van der Waals surface area contributed by atoms with Crippen LogP contribution in [0.25, 0.3) is 10.8 Å². The Morgan fingerprint density at radius 1 is 1.30 bits per heavy atom. The second kappa shape index (κ2) is 5.70. The fourth-order valence-corrected chi connectivity index (χ4v) is 3.51. The van der Waals surface area contributed by atoms with Gasteiger partial charge in [0.15, 0.2) is 0 Å². The molecule has 1 N–H and O–H groups in total. The first-order valence-electron chi connectivity index (χ1n) is 7.11. The van der Waals surface area contributed by atoms with Gasteiger partial charge in [0.2, 0.25) is 0 Å². The number of carbonyl (C=O) groups excluding carboxylic acids is 1. The monoisotopic (exact) mass is 386 g/mol. The summed E-state index contributed by atoms with van der Waals surface area (Å²) in [6.07, 6.45) is -4.42. The summed E-state index contributed by atoms with van der Waals surface area (Å²) in [7, 11) is 0. The Labute approximate surface area is 139 Å². The number of fused-ring (bicyclic) bond motifs is 3. The lowest BCUT2D eigenvalue weighted by atomic mass is 9.96. The normalized spacial score (nSPS) is 17.4. The van der Waals surface area contributed by atoms with E-state index in [0.717, 1.165) is 20.8 Å². The zero-order valence-corrected chi connectivity index (χ0v) is 13.8. The van der Waals surface area contributed by atoms with E-state index in [2.05, 4.69) is 15.9 Å². The molecule has 3 rings (SSSR count). The number of nitrogens with one attached hydrogen (secondary N) is 1. The van der Waals surface area contributed by atoms with E-state index in [-0.39, 0.29) is 5.92 Å². The van der Waals surface area contributed by atoms with E-state index in [1.54, 1.807) is 6.07 Å². The van der Waals surface area contributed by atoms with E-state index in [1.807, 2.05) is 36.5 Å². The molecule has 1 aliphatic rings. The second-order valence-corrected chi connectivity index (χ2v) is 6.47. The highest BCUT2D eigenvalue weighted by Crippen LogP contribution is 2.42. The molecule has 0 fully saturated rings. The van der Waals surface area contributed by atoms with Crippen molar-refractivity contribution in [2.24, 2.45) is 0 Å². The highest BCUT2D eigenvalue weighted by Gasteiger charge is 2.34. The van der Waals surface area contributed by atoms with Crippen LogP contribution in [0.1, 0.15) is 18.4 Å². The van der Waals surface area contributed by atoms with Crippen molar-refractivity contribution in [1.29, 1.82) is 0 Å². The quantitative estimate of drug-likeness (QED) is 0.749. The number of urea groups is 1. The van der Waals surface area contributed by atoms with Crippen LogP contribution in [0.15, 0.2) is 34.8 Å². The molecule has 0 aliphatic carbocycles. The summed E-state index contributed by atoms with van der Waals surface area (Å²) in [6, 6.07) is 8.75. The SMILES string of the molecule is CC1CN(C(=O)NCC(F)(F)F)c2ccc3c(Br)cccc3c21. The molecular weight excluding hydrogens is 373 g/mol. The van der Waals surface area contributed by atoms with Gasteiger partial charge in [-0.3, -0.25) is 4.90 Å². The van der Waals surface area contributed by atoms with Crippen molar-refractivity contribution in [3.05, 3.63) is 40.4 Å². The minimum Gasteiger partial charge on any atom is -0.329 e. The van der Waals surface area contributed by atoms with Gasteiger partial charge < -0.3 is 5.32 Å². The van der Waals surface area contributed by atoms with Gasteiger partial charge in [-0.25, -0.2) is 4.79 Å². The van der Waals surface area contributed by atoms with Gasteiger partial charge in [-0.1, -0.05) is 41.1 Å². The molecule has 2 aromatic rings. The average molecular weight is 387 g/mol. The van der Waals surface area contributed by atoms with Crippen molar-refractivity contribution >= 4 is 38.4 Å². The number of hydrogen-bond acceptors (Lipinski definition) is 1. The number of alkyl halides is 3. The molecule has 0 saturated carbocycles. The number of rotatable bonds is 1. The third kappa shape index (κ3) is 3.02. The predicted octanol–water partition coefficient (Wildman–Crippen LogP) is 4.80. The summed E-state index contributed by atoms with van der Waals surface area (Å²) in [6.45, 7) is 1.01. The number of carbonyl (C=O) groups is 1. The van der Waals surface area contributed by atoms with Gasteiger partial charge in [0.1, 0.15) is 6.54 Å². The Morgan fingerprint density at radius 2 is 2.04 bits per heavy atom. The van der Waals surface area contributed by atoms with E-state index >= 15 is 0 Å². The van der Waals surface area contributed by atoms with Crippen molar-refractivity contribution < 1.29 is 18.0 Å². The van der Waals surface area contributed by atoms with Crippen LogP contribution < -0.4 is 10.2 Å². The summed E-state index contributed by atoms with van der Waals surface area (Å²) in [4.78, 5) is 13.5. The van der Waals surface area contributed by atoms with Crippen LogP contribution in [0.2, 0.25) is 0 Å². The lowest BCUT2D eigenvalue weighted by Gasteiger charge is -2.19. The number of nitrogens with zero attached hydrogens (tertiary/aromatic N) is 1. The molecule has 122 valence electrons. The van der Waals surface area contributed by atoms with Crippen molar-refractivity contribution in [3.8, 4) is 0 Å². The molecule has 0 aromatic heterocycles. The van der Waals surface area contributed by atoms with E-state index in [4.69, 9.17) is 0 Å². The molecule has 7 heteroatoms. The highest BCUT2D eigenvalue weighted by atomic mass is 79.9. The maximum atomic E-state index is 12.3. The van der Waals surface area contributed by atoms with Crippen LogP contribution in [0.3, 0.4) is 0 Å². The van der Waals surface area contributed by atoms with Crippen LogP contribution in [-0.2, 0) is 0 Å². The Balaban J connectivity index is 1.97. The van der Waals surface area contributed by atoms with Gasteiger partial charge in [0.25, 0.3) is 0 Å².